The highest BCUT2D eigenvalue weighted by Crippen LogP contribution is 2.28. The van der Waals surface area contributed by atoms with Crippen LogP contribution < -0.4 is 10.0 Å². The maximum atomic E-state index is 14.2. The van der Waals surface area contributed by atoms with Crippen molar-refractivity contribution in [3.8, 4) is 0 Å². The zero-order valence-electron chi connectivity index (χ0n) is 13.6. The first kappa shape index (κ1) is 19.1. The first-order valence-corrected chi connectivity index (χ1v) is 10.8. The van der Waals surface area contributed by atoms with Gasteiger partial charge in [-0.1, -0.05) is 0 Å². The molecule has 1 aliphatic heterocycles. The molecule has 0 spiro atoms. The second-order valence-electron chi connectivity index (χ2n) is 5.62. The van der Waals surface area contributed by atoms with Gasteiger partial charge in [0, 0.05) is 19.1 Å². The maximum Gasteiger partial charge on any atom is 0.243 e. The number of nitrogens with zero attached hydrogens (tertiary/aromatic N) is 1. The molecule has 1 aromatic carbocycles. The molecule has 0 saturated carbocycles. The summed E-state index contributed by atoms with van der Waals surface area (Å²) in [4.78, 5) is -0.178. The van der Waals surface area contributed by atoms with Gasteiger partial charge >= 0.3 is 0 Å². The number of hydrogen-bond donors (Lipinski definition) is 2. The van der Waals surface area contributed by atoms with E-state index in [0.717, 1.165) is 25.0 Å². The quantitative estimate of drug-likeness (QED) is 0.736. The summed E-state index contributed by atoms with van der Waals surface area (Å²) in [5.41, 5.74) is -0.260. The molecule has 1 aromatic rings. The summed E-state index contributed by atoms with van der Waals surface area (Å²) in [6.45, 7) is 2.34. The molecule has 0 amide bonds. The number of halogens is 1. The molecule has 1 saturated heterocycles. The fourth-order valence-corrected chi connectivity index (χ4v) is 5.03. The van der Waals surface area contributed by atoms with Crippen LogP contribution >= 0.6 is 0 Å². The van der Waals surface area contributed by atoms with Crippen molar-refractivity contribution in [3.05, 3.63) is 24.0 Å². The molecule has 1 fully saturated rings. The van der Waals surface area contributed by atoms with E-state index in [9.17, 15) is 21.2 Å². The number of rotatable bonds is 7. The topological polar surface area (TPSA) is 95.6 Å². The minimum absolute atomic E-state index is 0.165. The van der Waals surface area contributed by atoms with Crippen molar-refractivity contribution in [2.24, 2.45) is 0 Å². The minimum atomic E-state index is -3.82. The standard InChI is InChI=1S/C14H22FN3O4S2/c1-3-23(19,20)17-14-7-6-12(9-13(14)15)24(21,22)18-8-4-5-11(18)10-16-2/h6-7,9,11,16-17H,3-5,8,10H2,1-2H3. The summed E-state index contributed by atoms with van der Waals surface area (Å²) in [6.07, 6.45) is 1.50. The Kier molecular flexibility index (Phi) is 5.84. The van der Waals surface area contributed by atoms with E-state index < -0.39 is 25.9 Å². The lowest BCUT2D eigenvalue weighted by atomic mass is 10.2. The zero-order valence-corrected chi connectivity index (χ0v) is 15.3. The van der Waals surface area contributed by atoms with Gasteiger partial charge in [-0.2, -0.15) is 4.31 Å². The lowest BCUT2D eigenvalue weighted by molar-refractivity contribution is 0.379. The molecular formula is C14H22FN3O4S2. The second kappa shape index (κ2) is 7.34. The summed E-state index contributed by atoms with van der Waals surface area (Å²) in [5.74, 6) is -1.12. The Morgan fingerprint density at radius 3 is 2.58 bits per heavy atom. The number of nitrogens with one attached hydrogen (secondary N) is 2. The highest BCUT2D eigenvalue weighted by Gasteiger charge is 2.35. The van der Waals surface area contributed by atoms with Crippen molar-refractivity contribution in [1.29, 1.82) is 0 Å². The number of hydrogen-bond acceptors (Lipinski definition) is 5. The number of anilines is 1. The van der Waals surface area contributed by atoms with Crippen molar-refractivity contribution in [1.82, 2.24) is 9.62 Å². The van der Waals surface area contributed by atoms with Crippen molar-refractivity contribution >= 4 is 25.7 Å². The van der Waals surface area contributed by atoms with Crippen LogP contribution in [0.15, 0.2) is 23.1 Å². The Labute approximate surface area is 142 Å². The van der Waals surface area contributed by atoms with Crippen molar-refractivity contribution in [2.75, 3.05) is 30.6 Å². The van der Waals surface area contributed by atoms with Gasteiger partial charge in [0.05, 0.1) is 16.3 Å². The van der Waals surface area contributed by atoms with Crippen LogP contribution in [0.1, 0.15) is 19.8 Å². The Balaban J connectivity index is 2.30. The van der Waals surface area contributed by atoms with Crippen LogP contribution in [-0.2, 0) is 20.0 Å². The van der Waals surface area contributed by atoms with Crippen LogP contribution in [0.4, 0.5) is 10.1 Å². The van der Waals surface area contributed by atoms with Crippen LogP contribution in [0, 0.1) is 5.82 Å². The molecular weight excluding hydrogens is 357 g/mol. The summed E-state index contributed by atoms with van der Waals surface area (Å²) < 4.78 is 66.1. The molecule has 1 atom stereocenters. The average Bonchev–Trinajstić information content (AvgIpc) is 2.98. The first-order chi connectivity index (χ1) is 11.2. The Morgan fingerprint density at radius 2 is 2.00 bits per heavy atom. The molecule has 136 valence electrons. The van der Waals surface area contributed by atoms with Crippen molar-refractivity contribution < 1.29 is 21.2 Å². The molecule has 1 aliphatic rings. The summed E-state index contributed by atoms with van der Waals surface area (Å²) in [6, 6.07) is 3.05. The van der Waals surface area contributed by atoms with Crippen LogP contribution in [0.25, 0.3) is 0 Å². The molecule has 0 radical (unpaired) electrons. The van der Waals surface area contributed by atoms with Gasteiger partial charge < -0.3 is 5.32 Å². The lowest BCUT2D eigenvalue weighted by Gasteiger charge is -2.24. The van der Waals surface area contributed by atoms with Gasteiger partial charge in [0.15, 0.2) is 0 Å². The van der Waals surface area contributed by atoms with Gasteiger partial charge in [-0.25, -0.2) is 21.2 Å². The van der Waals surface area contributed by atoms with E-state index in [4.69, 9.17) is 0 Å². The minimum Gasteiger partial charge on any atom is -0.318 e. The van der Waals surface area contributed by atoms with Crippen LogP contribution in [-0.4, -0.2) is 53.1 Å². The Hall–Kier alpha value is -1.23. The fourth-order valence-electron chi connectivity index (χ4n) is 2.68. The third-order valence-electron chi connectivity index (χ3n) is 3.96. The highest BCUT2D eigenvalue weighted by atomic mass is 32.2. The van der Waals surface area contributed by atoms with Crippen molar-refractivity contribution in [2.45, 2.75) is 30.7 Å². The highest BCUT2D eigenvalue weighted by molar-refractivity contribution is 7.92. The monoisotopic (exact) mass is 379 g/mol. The molecule has 1 unspecified atom stereocenters. The van der Waals surface area contributed by atoms with E-state index in [0.29, 0.717) is 13.1 Å². The molecule has 7 nitrogen and oxygen atoms in total. The van der Waals surface area contributed by atoms with Gasteiger partial charge in [-0.05, 0) is 45.0 Å². The largest absolute Gasteiger partial charge is 0.318 e. The van der Waals surface area contributed by atoms with Gasteiger partial charge in [-0.15, -0.1) is 0 Å². The molecule has 0 aliphatic carbocycles. The SMILES string of the molecule is CCS(=O)(=O)Nc1ccc(S(=O)(=O)N2CCCC2CNC)cc1F. The van der Waals surface area contributed by atoms with Gasteiger partial charge in [0.25, 0.3) is 0 Å². The Bertz CT molecular complexity index is 796. The number of likely N-dealkylation sites (N-methyl/N-ethyl adjacent to an activating group) is 1. The van der Waals surface area contributed by atoms with Crippen molar-refractivity contribution in [3.63, 3.8) is 0 Å². The maximum absolute atomic E-state index is 14.2. The summed E-state index contributed by atoms with van der Waals surface area (Å²) >= 11 is 0. The molecule has 24 heavy (non-hydrogen) atoms. The summed E-state index contributed by atoms with van der Waals surface area (Å²) in [5, 5.41) is 2.96. The molecule has 0 bridgehead atoms. The number of benzene rings is 1. The average molecular weight is 379 g/mol. The van der Waals surface area contributed by atoms with Gasteiger partial charge in [0.2, 0.25) is 20.0 Å². The van der Waals surface area contributed by atoms with Crippen LogP contribution in [0.5, 0.6) is 0 Å². The molecule has 10 heteroatoms. The number of sulfonamides is 2. The van der Waals surface area contributed by atoms with Gasteiger partial charge in [-0.3, -0.25) is 4.72 Å². The third-order valence-corrected chi connectivity index (χ3v) is 7.19. The van der Waals surface area contributed by atoms with Gasteiger partial charge in [0.1, 0.15) is 5.82 Å². The summed E-state index contributed by atoms with van der Waals surface area (Å²) in [7, 11) is -5.71. The lowest BCUT2D eigenvalue weighted by Crippen LogP contribution is -2.40. The first-order valence-electron chi connectivity index (χ1n) is 7.67. The fraction of sp³-hybridized carbons (Fsp3) is 0.571. The van der Waals surface area contributed by atoms with E-state index in [2.05, 4.69) is 10.0 Å². The predicted molar refractivity (Wildman–Crippen MR) is 90.3 cm³/mol. The molecule has 2 N–H and O–H groups in total. The predicted octanol–water partition coefficient (Wildman–Crippen LogP) is 0.960. The van der Waals surface area contributed by atoms with Crippen LogP contribution in [0.2, 0.25) is 0 Å². The van der Waals surface area contributed by atoms with E-state index in [-0.39, 0.29) is 22.4 Å². The van der Waals surface area contributed by atoms with E-state index in [1.165, 1.54) is 17.3 Å². The zero-order chi connectivity index (χ0) is 18.0. The van der Waals surface area contributed by atoms with E-state index >= 15 is 0 Å². The van der Waals surface area contributed by atoms with Crippen LogP contribution in [0.3, 0.4) is 0 Å². The Morgan fingerprint density at radius 1 is 1.29 bits per heavy atom. The molecule has 1 heterocycles. The third kappa shape index (κ3) is 4.05. The smallest absolute Gasteiger partial charge is 0.243 e. The van der Waals surface area contributed by atoms with E-state index in [1.54, 1.807) is 7.05 Å². The molecule has 2 rings (SSSR count). The normalized spacial score (nSPS) is 19.5. The van der Waals surface area contributed by atoms with E-state index in [1.807, 2.05) is 0 Å². The second-order valence-corrected chi connectivity index (χ2v) is 9.52. The molecule has 0 aromatic heterocycles.